The quantitative estimate of drug-likeness (QED) is 0.503. The van der Waals surface area contributed by atoms with Crippen LogP contribution in [0.25, 0.3) is 21.9 Å². The number of fused-ring (bicyclic) bond motifs is 1. The Labute approximate surface area is 149 Å². The molecular weight excluding hydrogens is 340 g/mol. The molecule has 3 aromatic rings. The maximum Gasteiger partial charge on any atom is 0.298 e. The van der Waals surface area contributed by atoms with Crippen molar-refractivity contribution in [2.75, 3.05) is 12.5 Å². The van der Waals surface area contributed by atoms with Crippen LogP contribution in [0.4, 0.5) is 0 Å². The number of ether oxygens (including phenoxy) is 1. The van der Waals surface area contributed by atoms with Crippen LogP contribution in [0.2, 0.25) is 0 Å². The van der Waals surface area contributed by atoms with Crippen molar-refractivity contribution in [1.82, 2.24) is 0 Å². The molecule has 0 aromatic heterocycles. The van der Waals surface area contributed by atoms with Crippen molar-refractivity contribution in [3.8, 4) is 22.6 Å². The van der Waals surface area contributed by atoms with Crippen LogP contribution in [0.3, 0.4) is 0 Å². The molecule has 0 spiro atoms. The number of rotatable bonds is 5. The minimum Gasteiger partial charge on any atom is -0.507 e. The number of phenols is 1. The summed E-state index contributed by atoms with van der Waals surface area (Å²) < 4.78 is 5.16. The van der Waals surface area contributed by atoms with Gasteiger partial charge in [-0.05, 0) is 35.6 Å². The fourth-order valence-electron chi connectivity index (χ4n) is 2.75. The van der Waals surface area contributed by atoms with Crippen molar-refractivity contribution in [2.45, 2.75) is 9.79 Å². The van der Waals surface area contributed by atoms with Crippen LogP contribution >= 0.6 is 23.5 Å². The Balaban J connectivity index is 2.43. The molecule has 1 N–H and O–H groups in total. The van der Waals surface area contributed by atoms with Gasteiger partial charge in [-0.1, -0.05) is 30.3 Å². The van der Waals surface area contributed by atoms with E-state index in [1.54, 1.807) is 23.5 Å². The van der Waals surface area contributed by atoms with E-state index in [4.69, 9.17) is 4.74 Å². The lowest BCUT2D eigenvalue weighted by Crippen LogP contribution is -1.94. The smallest absolute Gasteiger partial charge is 0.298 e. The van der Waals surface area contributed by atoms with E-state index in [2.05, 4.69) is 0 Å². The maximum atomic E-state index is 10.9. The predicted molar refractivity (Wildman–Crippen MR) is 101 cm³/mol. The van der Waals surface area contributed by atoms with Gasteiger partial charge >= 0.3 is 0 Å². The van der Waals surface area contributed by atoms with E-state index < -0.39 is 0 Å². The summed E-state index contributed by atoms with van der Waals surface area (Å²) in [5, 5.41) is 12.0. The first-order valence-corrected chi connectivity index (χ1v) is 9.72. The summed E-state index contributed by atoms with van der Waals surface area (Å²) in [7, 11) is 0. The number of hydrogen-bond acceptors (Lipinski definition) is 5. The van der Waals surface area contributed by atoms with Crippen LogP contribution in [0.15, 0.2) is 58.3 Å². The van der Waals surface area contributed by atoms with Crippen molar-refractivity contribution in [1.29, 1.82) is 0 Å². The summed E-state index contributed by atoms with van der Waals surface area (Å²) in [4.78, 5) is 13.1. The van der Waals surface area contributed by atoms with Gasteiger partial charge in [0.15, 0.2) is 0 Å². The second kappa shape index (κ2) is 7.20. The number of benzene rings is 3. The van der Waals surface area contributed by atoms with Gasteiger partial charge in [-0.3, -0.25) is 4.79 Å². The average Bonchev–Trinajstić information content (AvgIpc) is 2.62. The Morgan fingerprint density at radius 2 is 1.58 bits per heavy atom. The Kier molecular flexibility index (Phi) is 5.02. The second-order valence-electron chi connectivity index (χ2n) is 5.10. The third kappa shape index (κ3) is 2.97. The highest BCUT2D eigenvalue weighted by Crippen LogP contribution is 2.44. The van der Waals surface area contributed by atoms with Gasteiger partial charge in [-0.2, -0.15) is 0 Å². The number of carbonyl (C=O) groups excluding carboxylic acids is 1. The maximum absolute atomic E-state index is 10.9. The van der Waals surface area contributed by atoms with E-state index in [0.717, 1.165) is 31.7 Å². The second-order valence-corrected chi connectivity index (χ2v) is 6.80. The fraction of sp³-hybridized carbons (Fsp3) is 0.105. The lowest BCUT2D eigenvalue weighted by Gasteiger charge is -2.15. The first kappa shape index (κ1) is 16.7. The Hall–Kier alpha value is -2.11. The van der Waals surface area contributed by atoms with E-state index in [9.17, 15) is 9.90 Å². The summed E-state index contributed by atoms with van der Waals surface area (Å²) in [6, 6.07) is 15.3. The molecule has 0 unspecified atom stereocenters. The monoisotopic (exact) mass is 356 g/mol. The third-order valence-corrected chi connectivity index (χ3v) is 5.51. The number of thioether (sulfide) groups is 2. The van der Waals surface area contributed by atoms with Crippen molar-refractivity contribution < 1.29 is 14.6 Å². The van der Waals surface area contributed by atoms with Gasteiger partial charge in [0.05, 0.1) is 0 Å². The molecule has 0 saturated carbocycles. The van der Waals surface area contributed by atoms with E-state index in [-0.39, 0.29) is 5.75 Å². The van der Waals surface area contributed by atoms with Gasteiger partial charge in [0, 0.05) is 26.8 Å². The lowest BCUT2D eigenvalue weighted by molar-refractivity contribution is -0.120. The first-order chi connectivity index (χ1) is 11.7. The summed E-state index contributed by atoms with van der Waals surface area (Å²) in [6.07, 6.45) is 4.04. The topological polar surface area (TPSA) is 46.5 Å². The zero-order valence-electron chi connectivity index (χ0n) is 13.3. The SMILES string of the molecule is CSc1cc2c(O)cc(OC=O)c(-c3ccccc3)c2cc1SC. The van der Waals surface area contributed by atoms with Crippen molar-refractivity contribution >= 4 is 40.8 Å². The highest BCUT2D eigenvalue weighted by molar-refractivity contribution is 8.01. The Bertz CT molecular complexity index is 892. The molecule has 24 heavy (non-hydrogen) atoms. The standard InChI is InChI=1S/C19H16O3S2/c1-23-17-8-13-14(9-18(17)24-2)19(12-6-4-3-5-7-12)16(22-11-20)10-15(13)21/h3-11,21H,1-2H3. The minimum absolute atomic E-state index is 0.101. The zero-order valence-corrected chi connectivity index (χ0v) is 14.9. The van der Waals surface area contributed by atoms with Crippen LogP contribution in [-0.4, -0.2) is 24.1 Å². The molecule has 0 aliphatic carbocycles. The van der Waals surface area contributed by atoms with E-state index in [0.29, 0.717) is 12.2 Å². The van der Waals surface area contributed by atoms with Gasteiger partial charge in [-0.15, -0.1) is 23.5 Å². The molecule has 0 fully saturated rings. The van der Waals surface area contributed by atoms with Crippen molar-refractivity contribution in [3.63, 3.8) is 0 Å². The van der Waals surface area contributed by atoms with Gasteiger partial charge in [-0.25, -0.2) is 0 Å². The van der Waals surface area contributed by atoms with E-state index in [1.807, 2.05) is 55.0 Å². The van der Waals surface area contributed by atoms with Crippen LogP contribution < -0.4 is 4.74 Å². The largest absolute Gasteiger partial charge is 0.507 e. The predicted octanol–water partition coefficient (Wildman–Crippen LogP) is 5.19. The molecule has 0 aliphatic rings. The summed E-state index contributed by atoms with van der Waals surface area (Å²) >= 11 is 3.29. The Morgan fingerprint density at radius 1 is 0.958 bits per heavy atom. The lowest BCUT2D eigenvalue weighted by atomic mass is 9.96. The molecule has 0 heterocycles. The first-order valence-electron chi connectivity index (χ1n) is 7.27. The number of phenolic OH excluding ortho intramolecular Hbond substituents is 1. The van der Waals surface area contributed by atoms with Gasteiger partial charge < -0.3 is 9.84 Å². The van der Waals surface area contributed by atoms with Gasteiger partial charge in [0.25, 0.3) is 6.47 Å². The van der Waals surface area contributed by atoms with E-state index in [1.165, 1.54) is 6.07 Å². The molecule has 3 aromatic carbocycles. The fourth-order valence-corrected chi connectivity index (χ4v) is 4.24. The molecular formula is C19H16O3S2. The molecule has 0 bridgehead atoms. The molecule has 0 aliphatic heterocycles. The van der Waals surface area contributed by atoms with E-state index >= 15 is 0 Å². The van der Waals surface area contributed by atoms with Crippen LogP contribution in [-0.2, 0) is 4.79 Å². The third-order valence-electron chi connectivity index (χ3n) is 3.82. The molecule has 0 radical (unpaired) electrons. The highest BCUT2D eigenvalue weighted by atomic mass is 32.2. The average molecular weight is 356 g/mol. The number of carbonyl (C=O) groups is 1. The zero-order chi connectivity index (χ0) is 17.1. The molecule has 0 amide bonds. The summed E-state index contributed by atoms with van der Waals surface area (Å²) in [6.45, 7) is 0.388. The molecule has 3 nitrogen and oxygen atoms in total. The normalized spacial score (nSPS) is 10.8. The summed E-state index contributed by atoms with van der Waals surface area (Å²) in [5.74, 6) is 0.453. The minimum atomic E-state index is 0.101. The summed E-state index contributed by atoms with van der Waals surface area (Å²) in [5.41, 5.74) is 1.74. The Morgan fingerprint density at radius 3 is 2.17 bits per heavy atom. The molecule has 3 rings (SSSR count). The van der Waals surface area contributed by atoms with Crippen molar-refractivity contribution in [3.05, 3.63) is 48.5 Å². The van der Waals surface area contributed by atoms with Gasteiger partial charge in [0.2, 0.25) is 0 Å². The van der Waals surface area contributed by atoms with Crippen LogP contribution in [0, 0.1) is 0 Å². The number of hydrogen-bond donors (Lipinski definition) is 1. The molecule has 5 heteroatoms. The van der Waals surface area contributed by atoms with Crippen LogP contribution in [0.5, 0.6) is 11.5 Å². The number of aromatic hydroxyl groups is 1. The molecule has 122 valence electrons. The van der Waals surface area contributed by atoms with Crippen LogP contribution in [0.1, 0.15) is 0 Å². The highest BCUT2D eigenvalue weighted by Gasteiger charge is 2.17. The molecule has 0 saturated heterocycles. The van der Waals surface area contributed by atoms with Crippen molar-refractivity contribution in [2.24, 2.45) is 0 Å². The molecule has 0 atom stereocenters. The van der Waals surface area contributed by atoms with Gasteiger partial charge in [0.1, 0.15) is 11.5 Å².